The van der Waals surface area contributed by atoms with E-state index in [1.54, 1.807) is 0 Å². The Labute approximate surface area is 147 Å². The molecule has 2 fully saturated rings. The number of para-hydroxylation sites is 1. The van der Waals surface area contributed by atoms with Gasteiger partial charge in [0.25, 0.3) is 0 Å². The number of hydrogen-bond acceptors (Lipinski definition) is 3. The molecule has 1 N–H and O–H groups in total. The standard InChI is InChI=1S/C19H26N2S2/c1-21-9-4-6-15(14-21)13-19(22-10-5-11-23-19)18-12-16-7-2-3-8-17(16)20-18/h2-3,7-8,12,15,20H,4-6,9-11,13-14H2,1H3. The molecule has 0 saturated carbocycles. The summed E-state index contributed by atoms with van der Waals surface area (Å²) in [6.07, 6.45) is 5.41. The van der Waals surface area contributed by atoms with E-state index < -0.39 is 0 Å². The lowest BCUT2D eigenvalue weighted by Gasteiger charge is -2.40. The summed E-state index contributed by atoms with van der Waals surface area (Å²) in [5.74, 6) is 3.42. The molecule has 4 rings (SSSR count). The van der Waals surface area contributed by atoms with Gasteiger partial charge in [-0.1, -0.05) is 18.2 Å². The first-order valence-electron chi connectivity index (χ1n) is 8.80. The molecule has 4 heteroatoms. The normalized spacial score (nSPS) is 25.7. The molecule has 2 aromatic rings. The van der Waals surface area contributed by atoms with E-state index in [1.807, 2.05) is 0 Å². The van der Waals surface area contributed by atoms with E-state index in [2.05, 4.69) is 70.8 Å². The van der Waals surface area contributed by atoms with Crippen molar-refractivity contribution < 1.29 is 0 Å². The van der Waals surface area contributed by atoms with E-state index in [1.165, 1.54) is 66.9 Å². The Balaban J connectivity index is 1.65. The number of piperidine rings is 1. The highest BCUT2D eigenvalue weighted by atomic mass is 32.2. The first-order valence-corrected chi connectivity index (χ1v) is 10.8. The topological polar surface area (TPSA) is 19.0 Å². The summed E-state index contributed by atoms with van der Waals surface area (Å²) >= 11 is 4.37. The molecule has 2 aliphatic rings. The first kappa shape index (κ1) is 15.9. The van der Waals surface area contributed by atoms with Crippen molar-refractivity contribution in [2.24, 2.45) is 5.92 Å². The molecule has 1 atom stereocenters. The second-order valence-electron chi connectivity index (χ2n) is 7.05. The quantitative estimate of drug-likeness (QED) is 0.851. The van der Waals surface area contributed by atoms with Crippen LogP contribution in [0.2, 0.25) is 0 Å². The maximum absolute atomic E-state index is 3.75. The summed E-state index contributed by atoms with van der Waals surface area (Å²) in [4.78, 5) is 6.27. The highest BCUT2D eigenvalue weighted by Crippen LogP contribution is 2.54. The van der Waals surface area contributed by atoms with Gasteiger partial charge < -0.3 is 9.88 Å². The molecule has 1 aromatic carbocycles. The molecular weight excluding hydrogens is 320 g/mol. The van der Waals surface area contributed by atoms with Crippen LogP contribution in [0.25, 0.3) is 10.9 Å². The number of thioether (sulfide) groups is 2. The third-order valence-corrected chi connectivity index (χ3v) is 8.58. The smallest absolute Gasteiger partial charge is 0.101 e. The minimum Gasteiger partial charge on any atom is -0.357 e. The lowest BCUT2D eigenvalue weighted by atomic mass is 9.92. The minimum atomic E-state index is 0.236. The molecule has 124 valence electrons. The molecule has 1 aromatic heterocycles. The Bertz CT molecular complexity index is 627. The molecule has 2 nitrogen and oxygen atoms in total. The maximum atomic E-state index is 3.75. The minimum absolute atomic E-state index is 0.236. The number of nitrogens with one attached hydrogen (secondary N) is 1. The van der Waals surface area contributed by atoms with Crippen LogP contribution in [0, 0.1) is 5.92 Å². The predicted molar refractivity (Wildman–Crippen MR) is 104 cm³/mol. The Morgan fingerprint density at radius 3 is 2.83 bits per heavy atom. The van der Waals surface area contributed by atoms with E-state index in [4.69, 9.17) is 0 Å². The van der Waals surface area contributed by atoms with Crippen molar-refractivity contribution in [1.82, 2.24) is 9.88 Å². The summed E-state index contributed by atoms with van der Waals surface area (Å²) < 4.78 is 0.236. The Kier molecular flexibility index (Phi) is 4.66. The van der Waals surface area contributed by atoms with Crippen molar-refractivity contribution in [2.75, 3.05) is 31.6 Å². The van der Waals surface area contributed by atoms with Crippen LogP contribution in [0.1, 0.15) is 31.4 Å². The van der Waals surface area contributed by atoms with Crippen molar-refractivity contribution in [3.05, 3.63) is 36.0 Å². The van der Waals surface area contributed by atoms with E-state index >= 15 is 0 Å². The fourth-order valence-electron chi connectivity index (χ4n) is 4.06. The van der Waals surface area contributed by atoms with Gasteiger partial charge in [-0.25, -0.2) is 0 Å². The fourth-order valence-corrected chi connectivity index (χ4v) is 7.55. The van der Waals surface area contributed by atoms with E-state index in [0.717, 1.165) is 5.92 Å². The van der Waals surface area contributed by atoms with Gasteiger partial charge in [0.2, 0.25) is 0 Å². The van der Waals surface area contributed by atoms with Gasteiger partial charge in [0.1, 0.15) is 4.08 Å². The second kappa shape index (κ2) is 6.73. The average Bonchev–Trinajstić information content (AvgIpc) is 3.00. The van der Waals surface area contributed by atoms with Crippen molar-refractivity contribution in [3.63, 3.8) is 0 Å². The molecule has 2 saturated heterocycles. The molecular formula is C19H26N2S2. The van der Waals surface area contributed by atoms with Crippen LogP contribution >= 0.6 is 23.5 Å². The molecule has 2 aliphatic heterocycles. The maximum Gasteiger partial charge on any atom is 0.101 e. The summed E-state index contributed by atoms with van der Waals surface area (Å²) in [7, 11) is 2.28. The fraction of sp³-hybridized carbons (Fsp3) is 0.579. The predicted octanol–water partition coefficient (Wildman–Crippen LogP) is 4.92. The molecule has 23 heavy (non-hydrogen) atoms. The van der Waals surface area contributed by atoms with Gasteiger partial charge in [-0.2, -0.15) is 0 Å². The van der Waals surface area contributed by atoms with Crippen molar-refractivity contribution >= 4 is 34.4 Å². The van der Waals surface area contributed by atoms with Crippen LogP contribution in [-0.2, 0) is 4.08 Å². The number of rotatable bonds is 3. The second-order valence-corrected chi connectivity index (χ2v) is 10.1. The molecule has 0 spiro atoms. The summed E-state index contributed by atoms with van der Waals surface area (Å²) in [5, 5.41) is 1.36. The largest absolute Gasteiger partial charge is 0.357 e. The van der Waals surface area contributed by atoms with Crippen molar-refractivity contribution in [2.45, 2.75) is 29.8 Å². The number of H-pyrrole nitrogens is 1. The van der Waals surface area contributed by atoms with Gasteiger partial charge in [-0.05, 0) is 74.2 Å². The van der Waals surface area contributed by atoms with Crippen LogP contribution < -0.4 is 0 Å². The highest BCUT2D eigenvalue weighted by molar-refractivity contribution is 8.18. The Morgan fingerprint density at radius 1 is 1.22 bits per heavy atom. The molecule has 0 aliphatic carbocycles. The third-order valence-electron chi connectivity index (χ3n) is 5.18. The van der Waals surface area contributed by atoms with E-state index in [-0.39, 0.29) is 4.08 Å². The third kappa shape index (κ3) is 3.31. The zero-order chi connectivity index (χ0) is 15.7. The molecule has 0 radical (unpaired) electrons. The average molecular weight is 347 g/mol. The Morgan fingerprint density at radius 2 is 2.04 bits per heavy atom. The summed E-state index contributed by atoms with van der Waals surface area (Å²) in [5.41, 5.74) is 2.73. The van der Waals surface area contributed by atoms with E-state index in [9.17, 15) is 0 Å². The SMILES string of the molecule is CN1CCCC(CC2(c3cc4ccccc4[nH]3)SCCCS2)C1. The van der Waals surface area contributed by atoms with Crippen molar-refractivity contribution in [3.8, 4) is 0 Å². The molecule has 0 bridgehead atoms. The van der Waals surface area contributed by atoms with Crippen LogP contribution in [0.3, 0.4) is 0 Å². The Hall–Kier alpha value is -0.580. The molecule has 0 amide bonds. The number of aromatic amines is 1. The van der Waals surface area contributed by atoms with Crippen LogP contribution in [0.5, 0.6) is 0 Å². The lowest BCUT2D eigenvalue weighted by molar-refractivity contribution is 0.199. The summed E-state index contributed by atoms with van der Waals surface area (Å²) in [6, 6.07) is 11.1. The van der Waals surface area contributed by atoms with Gasteiger partial charge in [-0.15, -0.1) is 23.5 Å². The van der Waals surface area contributed by atoms with Gasteiger partial charge in [0.05, 0.1) is 0 Å². The number of aromatic nitrogens is 1. The molecule has 3 heterocycles. The number of benzene rings is 1. The zero-order valence-electron chi connectivity index (χ0n) is 13.9. The van der Waals surface area contributed by atoms with Gasteiger partial charge in [0.15, 0.2) is 0 Å². The van der Waals surface area contributed by atoms with Gasteiger partial charge >= 0.3 is 0 Å². The highest BCUT2D eigenvalue weighted by Gasteiger charge is 2.39. The van der Waals surface area contributed by atoms with Crippen LogP contribution in [-0.4, -0.2) is 41.5 Å². The number of likely N-dealkylation sites (tertiary alicyclic amines) is 1. The summed E-state index contributed by atoms with van der Waals surface area (Å²) in [6.45, 7) is 2.54. The lowest BCUT2D eigenvalue weighted by Crippen LogP contribution is -2.36. The number of fused-ring (bicyclic) bond motifs is 1. The van der Waals surface area contributed by atoms with Gasteiger partial charge in [-0.3, -0.25) is 0 Å². The van der Waals surface area contributed by atoms with Gasteiger partial charge in [0, 0.05) is 17.8 Å². The van der Waals surface area contributed by atoms with E-state index in [0.29, 0.717) is 0 Å². The van der Waals surface area contributed by atoms with Crippen LogP contribution in [0.4, 0.5) is 0 Å². The zero-order valence-corrected chi connectivity index (χ0v) is 15.5. The van der Waals surface area contributed by atoms with Crippen molar-refractivity contribution in [1.29, 1.82) is 0 Å². The number of nitrogens with zero attached hydrogens (tertiary/aromatic N) is 1. The molecule has 1 unspecified atom stereocenters. The first-order chi connectivity index (χ1) is 11.3. The van der Waals surface area contributed by atoms with Crippen LogP contribution in [0.15, 0.2) is 30.3 Å². The number of hydrogen-bond donors (Lipinski definition) is 1. The monoisotopic (exact) mass is 346 g/mol.